The molecule has 0 saturated carbocycles. The molecule has 2 N–H and O–H groups in total. The normalized spacial score (nSPS) is 23.5. The number of aromatic amines is 1. The molecule has 162 valence electrons. The number of piperazine rings is 1. The van der Waals surface area contributed by atoms with Crippen LogP contribution < -0.4 is 16.6 Å². The molecule has 2 atom stereocenters. The molecule has 2 fully saturated rings. The molecule has 3 aromatic rings. The predicted molar refractivity (Wildman–Crippen MR) is 124 cm³/mol. The SMILES string of the molecule is Cc1ccc(C23CCC(CN(CCCn4c(=O)[nH]c5c(Cl)cccc5c4=O)C2)N3)cc1. The van der Waals surface area contributed by atoms with Gasteiger partial charge >= 0.3 is 5.69 Å². The van der Waals surface area contributed by atoms with Gasteiger partial charge in [-0.25, -0.2) is 4.79 Å². The van der Waals surface area contributed by atoms with Crippen LogP contribution in [0, 0.1) is 6.92 Å². The van der Waals surface area contributed by atoms with Crippen molar-refractivity contribution in [3.05, 3.63) is 79.5 Å². The number of hydrogen-bond acceptors (Lipinski definition) is 4. The second-order valence-corrected chi connectivity index (χ2v) is 9.37. The van der Waals surface area contributed by atoms with E-state index in [0.717, 1.165) is 32.5 Å². The van der Waals surface area contributed by atoms with Gasteiger partial charge in [0.25, 0.3) is 5.56 Å². The molecular formula is C24H27ClN4O2. The van der Waals surface area contributed by atoms with E-state index in [1.165, 1.54) is 22.1 Å². The number of aromatic nitrogens is 2. The van der Waals surface area contributed by atoms with E-state index in [0.29, 0.717) is 28.5 Å². The third-order valence-corrected chi connectivity index (χ3v) is 7.11. The Labute approximate surface area is 185 Å². The van der Waals surface area contributed by atoms with E-state index in [2.05, 4.69) is 46.4 Å². The van der Waals surface area contributed by atoms with Crippen LogP contribution in [-0.2, 0) is 12.1 Å². The molecule has 2 aromatic carbocycles. The number of halogens is 1. The van der Waals surface area contributed by atoms with Crippen molar-refractivity contribution in [3.63, 3.8) is 0 Å². The van der Waals surface area contributed by atoms with Crippen LogP contribution in [0.1, 0.15) is 30.4 Å². The molecule has 1 aromatic heterocycles. The lowest BCUT2D eigenvalue weighted by atomic mass is 9.87. The van der Waals surface area contributed by atoms with Crippen LogP contribution in [0.5, 0.6) is 0 Å². The monoisotopic (exact) mass is 438 g/mol. The van der Waals surface area contributed by atoms with Gasteiger partial charge in [-0.3, -0.25) is 14.3 Å². The fourth-order valence-electron chi connectivity index (χ4n) is 5.23. The fourth-order valence-corrected chi connectivity index (χ4v) is 5.46. The van der Waals surface area contributed by atoms with Crippen LogP contribution in [0.2, 0.25) is 5.02 Å². The van der Waals surface area contributed by atoms with Gasteiger partial charge in [-0.1, -0.05) is 47.5 Å². The molecule has 2 bridgehead atoms. The van der Waals surface area contributed by atoms with Crippen molar-refractivity contribution in [2.45, 2.75) is 44.3 Å². The van der Waals surface area contributed by atoms with Gasteiger partial charge in [0, 0.05) is 25.7 Å². The Kier molecular flexibility index (Phi) is 5.24. The van der Waals surface area contributed by atoms with Crippen molar-refractivity contribution < 1.29 is 0 Å². The first-order valence-corrected chi connectivity index (χ1v) is 11.3. The van der Waals surface area contributed by atoms with Gasteiger partial charge in [-0.05, 0) is 50.4 Å². The Morgan fingerprint density at radius 1 is 1.13 bits per heavy atom. The molecule has 0 aliphatic carbocycles. The number of nitrogens with one attached hydrogen (secondary N) is 2. The highest BCUT2D eigenvalue weighted by Crippen LogP contribution is 2.38. The lowest BCUT2D eigenvalue weighted by Gasteiger charge is -2.42. The van der Waals surface area contributed by atoms with Crippen molar-refractivity contribution in [1.29, 1.82) is 0 Å². The van der Waals surface area contributed by atoms with Crippen LogP contribution in [0.4, 0.5) is 0 Å². The molecule has 5 rings (SSSR count). The maximum absolute atomic E-state index is 12.8. The summed E-state index contributed by atoms with van der Waals surface area (Å²) >= 11 is 6.13. The Morgan fingerprint density at radius 3 is 2.74 bits per heavy atom. The average Bonchev–Trinajstić information content (AvgIpc) is 3.07. The lowest BCUT2D eigenvalue weighted by molar-refractivity contribution is 0.135. The molecular weight excluding hydrogens is 412 g/mol. The van der Waals surface area contributed by atoms with Crippen LogP contribution in [0.15, 0.2) is 52.1 Å². The van der Waals surface area contributed by atoms with Gasteiger partial charge in [0.15, 0.2) is 0 Å². The summed E-state index contributed by atoms with van der Waals surface area (Å²) in [7, 11) is 0. The van der Waals surface area contributed by atoms with Gasteiger partial charge < -0.3 is 10.3 Å². The van der Waals surface area contributed by atoms with Crippen LogP contribution in [0.25, 0.3) is 10.9 Å². The first-order valence-electron chi connectivity index (χ1n) is 10.9. The summed E-state index contributed by atoms with van der Waals surface area (Å²) in [5.41, 5.74) is 2.36. The lowest BCUT2D eigenvalue weighted by Crippen LogP contribution is -2.57. The smallest absolute Gasteiger partial charge is 0.305 e. The highest BCUT2D eigenvalue weighted by molar-refractivity contribution is 6.34. The summed E-state index contributed by atoms with van der Waals surface area (Å²) < 4.78 is 1.30. The molecule has 3 heterocycles. The summed E-state index contributed by atoms with van der Waals surface area (Å²) in [4.78, 5) is 30.6. The zero-order chi connectivity index (χ0) is 21.6. The highest BCUT2D eigenvalue weighted by Gasteiger charge is 2.45. The average molecular weight is 439 g/mol. The van der Waals surface area contributed by atoms with Crippen molar-refractivity contribution in [1.82, 2.24) is 19.8 Å². The van der Waals surface area contributed by atoms with Gasteiger partial charge in [-0.15, -0.1) is 0 Å². The van der Waals surface area contributed by atoms with Crippen molar-refractivity contribution in [2.24, 2.45) is 0 Å². The maximum atomic E-state index is 12.8. The highest BCUT2D eigenvalue weighted by atomic mass is 35.5. The zero-order valence-corrected chi connectivity index (χ0v) is 18.4. The van der Waals surface area contributed by atoms with E-state index in [9.17, 15) is 9.59 Å². The minimum atomic E-state index is -0.401. The number of fused-ring (bicyclic) bond motifs is 3. The molecule has 0 amide bonds. The first kappa shape index (κ1) is 20.5. The molecule has 2 aliphatic rings. The predicted octanol–water partition coefficient (Wildman–Crippen LogP) is 3.00. The van der Waals surface area contributed by atoms with Crippen LogP contribution in [-0.4, -0.2) is 40.1 Å². The molecule has 0 radical (unpaired) electrons. The molecule has 7 heteroatoms. The minimum absolute atomic E-state index is 0.00459. The number of benzene rings is 2. The first-order chi connectivity index (χ1) is 14.9. The quantitative estimate of drug-likeness (QED) is 0.642. The maximum Gasteiger partial charge on any atom is 0.328 e. The number of aryl methyl sites for hydroxylation is 1. The molecule has 2 saturated heterocycles. The van der Waals surface area contributed by atoms with Gasteiger partial charge in [0.2, 0.25) is 0 Å². The number of hydrogen-bond donors (Lipinski definition) is 2. The van der Waals surface area contributed by atoms with E-state index < -0.39 is 5.69 Å². The third kappa shape index (κ3) is 3.73. The molecule has 6 nitrogen and oxygen atoms in total. The second kappa shape index (κ2) is 7.93. The van der Waals surface area contributed by atoms with E-state index >= 15 is 0 Å². The second-order valence-electron chi connectivity index (χ2n) is 8.97. The molecule has 2 aliphatic heterocycles. The summed E-state index contributed by atoms with van der Waals surface area (Å²) in [6.45, 7) is 5.31. The fraction of sp³-hybridized carbons (Fsp3) is 0.417. The number of para-hydroxylation sites is 1. The summed E-state index contributed by atoms with van der Waals surface area (Å²) in [6.07, 6.45) is 3.06. The van der Waals surface area contributed by atoms with Gasteiger partial charge in [-0.2, -0.15) is 0 Å². The molecule has 2 unspecified atom stereocenters. The zero-order valence-electron chi connectivity index (χ0n) is 17.7. The largest absolute Gasteiger partial charge is 0.328 e. The van der Waals surface area contributed by atoms with Gasteiger partial charge in [0.05, 0.1) is 21.5 Å². The molecule has 0 spiro atoms. The summed E-state index contributed by atoms with van der Waals surface area (Å²) in [6, 6.07) is 14.5. The van der Waals surface area contributed by atoms with E-state index in [4.69, 9.17) is 11.6 Å². The Balaban J connectivity index is 1.31. The van der Waals surface area contributed by atoms with Crippen LogP contribution in [0.3, 0.4) is 0 Å². The number of H-pyrrole nitrogens is 1. The van der Waals surface area contributed by atoms with E-state index in [1.807, 2.05) is 0 Å². The number of nitrogens with zero attached hydrogens (tertiary/aromatic N) is 2. The standard InChI is InChI=1S/C24H27ClN4O2/c1-16-6-8-17(9-7-16)24-11-10-18(27-24)14-28(15-24)12-3-13-29-22(30)19-4-2-5-20(25)21(19)26-23(29)31/h2,4-9,18,27H,3,10-15H2,1H3,(H,26,31). The van der Waals surface area contributed by atoms with E-state index in [1.54, 1.807) is 18.2 Å². The van der Waals surface area contributed by atoms with Gasteiger partial charge in [0.1, 0.15) is 0 Å². The van der Waals surface area contributed by atoms with Crippen LogP contribution >= 0.6 is 11.6 Å². The van der Waals surface area contributed by atoms with E-state index in [-0.39, 0.29) is 11.1 Å². The summed E-state index contributed by atoms with van der Waals surface area (Å²) in [5.74, 6) is 0. The minimum Gasteiger partial charge on any atom is -0.305 e. The Bertz CT molecular complexity index is 1230. The molecule has 31 heavy (non-hydrogen) atoms. The topological polar surface area (TPSA) is 70.1 Å². The third-order valence-electron chi connectivity index (χ3n) is 6.80. The Morgan fingerprint density at radius 2 is 1.94 bits per heavy atom. The number of rotatable bonds is 5. The number of likely N-dealkylation sites (tertiary alicyclic amines) is 1. The van der Waals surface area contributed by atoms with Crippen molar-refractivity contribution in [3.8, 4) is 0 Å². The Hall–Kier alpha value is -2.41. The van der Waals surface area contributed by atoms with Crippen molar-refractivity contribution in [2.75, 3.05) is 19.6 Å². The van der Waals surface area contributed by atoms with Crippen molar-refractivity contribution >= 4 is 22.5 Å². The summed E-state index contributed by atoms with van der Waals surface area (Å²) in [5, 5.41) is 4.69.